The number of hydrogen-bond acceptors (Lipinski definition) is 9. The highest BCUT2D eigenvalue weighted by Gasteiger charge is 2.56. The van der Waals surface area contributed by atoms with Crippen molar-refractivity contribution in [2.75, 3.05) is 23.7 Å². The molecule has 3 N–H and O–H groups in total. The van der Waals surface area contributed by atoms with E-state index < -0.39 is 16.1 Å². The Labute approximate surface area is 232 Å². The summed E-state index contributed by atoms with van der Waals surface area (Å²) in [5, 5.41) is 8.98. The van der Waals surface area contributed by atoms with Crippen LogP contribution in [0.3, 0.4) is 0 Å². The number of aromatic nitrogens is 5. The lowest BCUT2D eigenvalue weighted by atomic mass is 9.72. The van der Waals surface area contributed by atoms with Gasteiger partial charge in [0.1, 0.15) is 12.1 Å². The van der Waals surface area contributed by atoms with Crippen molar-refractivity contribution < 1.29 is 4.55 Å². The molecule has 2 aliphatic heterocycles. The predicted octanol–water partition coefficient (Wildman–Crippen LogP) is 4.29. The first kappa shape index (κ1) is 24.5. The Bertz CT molecular complexity index is 1570. The van der Waals surface area contributed by atoms with Gasteiger partial charge in [-0.05, 0) is 50.3 Å². The zero-order valence-corrected chi connectivity index (χ0v) is 23.4. The molecule has 9 nitrogen and oxygen atoms in total. The average molecular weight is 567 g/mol. The van der Waals surface area contributed by atoms with Gasteiger partial charge in [-0.3, -0.25) is 0 Å². The SMILES string of the molecule is CC1(C)c2cccc3c2[C@@H](N[S+]1[O-])C1(CCN(c2ncc(Sc4ccnc(N)c4Cl)c4nncn24)CC1)C3. The topological polar surface area (TPSA) is 120 Å². The number of anilines is 2. The summed E-state index contributed by atoms with van der Waals surface area (Å²) in [6.45, 7) is 5.84. The number of fused-ring (bicyclic) bond motifs is 2. The van der Waals surface area contributed by atoms with Gasteiger partial charge < -0.3 is 15.2 Å². The van der Waals surface area contributed by atoms with Crippen LogP contribution < -0.4 is 15.4 Å². The van der Waals surface area contributed by atoms with Crippen molar-refractivity contribution in [1.82, 2.24) is 29.3 Å². The van der Waals surface area contributed by atoms with Crippen LogP contribution in [0.2, 0.25) is 5.02 Å². The van der Waals surface area contributed by atoms with Crippen LogP contribution in [0, 0.1) is 5.41 Å². The number of pyridine rings is 1. The molecule has 0 bridgehead atoms. The maximum Gasteiger partial charge on any atom is 0.212 e. The Hall–Kier alpha value is -2.57. The molecule has 3 aromatic heterocycles. The minimum Gasteiger partial charge on any atom is -0.597 e. The first-order chi connectivity index (χ1) is 18.3. The van der Waals surface area contributed by atoms with Gasteiger partial charge in [-0.1, -0.05) is 41.6 Å². The van der Waals surface area contributed by atoms with Gasteiger partial charge >= 0.3 is 0 Å². The molecule has 1 aliphatic carbocycles. The molecule has 4 aromatic rings. The molecule has 196 valence electrons. The Morgan fingerprint density at radius 1 is 1.18 bits per heavy atom. The van der Waals surface area contributed by atoms with E-state index in [9.17, 15) is 4.55 Å². The van der Waals surface area contributed by atoms with Crippen LogP contribution in [0.25, 0.3) is 5.65 Å². The summed E-state index contributed by atoms with van der Waals surface area (Å²) in [5.41, 5.74) is 10.7. The van der Waals surface area contributed by atoms with Crippen molar-refractivity contribution in [2.45, 2.75) is 53.7 Å². The summed E-state index contributed by atoms with van der Waals surface area (Å²) in [6, 6.07) is 8.48. The number of rotatable bonds is 3. The molecule has 7 rings (SSSR count). The van der Waals surface area contributed by atoms with Gasteiger partial charge in [0.15, 0.2) is 10.4 Å². The van der Waals surface area contributed by atoms with Crippen LogP contribution in [0.15, 0.2) is 52.8 Å². The minimum absolute atomic E-state index is 0.0429. The molecule has 1 saturated heterocycles. The van der Waals surface area contributed by atoms with Crippen LogP contribution >= 0.6 is 23.4 Å². The van der Waals surface area contributed by atoms with Crippen LogP contribution in [0.5, 0.6) is 0 Å². The first-order valence-electron chi connectivity index (χ1n) is 12.6. The molecule has 3 aliphatic rings. The molecule has 2 atom stereocenters. The van der Waals surface area contributed by atoms with Crippen molar-refractivity contribution in [2.24, 2.45) is 5.41 Å². The van der Waals surface area contributed by atoms with Crippen LogP contribution in [-0.2, 0) is 22.5 Å². The molecule has 1 unspecified atom stereocenters. The van der Waals surface area contributed by atoms with E-state index in [-0.39, 0.29) is 11.5 Å². The minimum atomic E-state index is -1.14. The number of halogens is 1. The fourth-order valence-electron chi connectivity index (χ4n) is 6.31. The van der Waals surface area contributed by atoms with E-state index in [1.165, 1.54) is 28.5 Å². The molecule has 1 aromatic carbocycles. The molecule has 0 radical (unpaired) electrons. The smallest absolute Gasteiger partial charge is 0.212 e. The number of nitrogens with two attached hydrogens (primary N) is 1. The summed E-state index contributed by atoms with van der Waals surface area (Å²) >= 11 is 6.68. The summed E-state index contributed by atoms with van der Waals surface area (Å²) in [7, 11) is 0. The largest absolute Gasteiger partial charge is 0.597 e. The molecule has 0 amide bonds. The van der Waals surface area contributed by atoms with Gasteiger partial charge in [0.25, 0.3) is 0 Å². The van der Waals surface area contributed by atoms with Crippen LogP contribution in [0.4, 0.5) is 11.8 Å². The number of nitrogen functional groups attached to an aromatic ring is 1. The molecule has 12 heteroatoms. The monoisotopic (exact) mass is 566 g/mol. The fourth-order valence-corrected chi connectivity index (χ4v) is 8.68. The van der Waals surface area contributed by atoms with Gasteiger partial charge in [0.2, 0.25) is 5.95 Å². The molecule has 38 heavy (non-hydrogen) atoms. The molecule has 5 heterocycles. The van der Waals surface area contributed by atoms with Crippen LogP contribution in [0.1, 0.15) is 49.4 Å². The Kier molecular flexibility index (Phi) is 5.61. The summed E-state index contributed by atoms with van der Waals surface area (Å²) < 4.78 is 18.3. The van der Waals surface area contributed by atoms with E-state index in [0.717, 1.165) is 53.7 Å². The van der Waals surface area contributed by atoms with Crippen molar-refractivity contribution in [3.63, 3.8) is 0 Å². The highest BCUT2D eigenvalue weighted by atomic mass is 35.5. The molecular formula is C26H27ClN8OS2. The Morgan fingerprint density at radius 3 is 2.82 bits per heavy atom. The maximum absolute atomic E-state index is 13.2. The molecule has 1 spiro atoms. The Morgan fingerprint density at radius 2 is 2.00 bits per heavy atom. The lowest BCUT2D eigenvalue weighted by Gasteiger charge is -2.46. The van der Waals surface area contributed by atoms with Crippen molar-refractivity contribution >= 4 is 52.1 Å². The van der Waals surface area contributed by atoms with Gasteiger partial charge in [-0.15, -0.1) is 14.9 Å². The van der Waals surface area contributed by atoms with Gasteiger partial charge in [0, 0.05) is 52.7 Å². The lowest BCUT2D eigenvalue weighted by Crippen LogP contribution is -2.53. The van der Waals surface area contributed by atoms with E-state index >= 15 is 0 Å². The molecular weight excluding hydrogens is 540 g/mol. The van der Waals surface area contributed by atoms with Gasteiger partial charge in [0.05, 0.1) is 16.0 Å². The average Bonchev–Trinajstić information content (AvgIpc) is 3.51. The normalized spacial score (nSPS) is 23.2. The number of hydrogen-bond donors (Lipinski definition) is 2. The number of benzene rings is 1. The van der Waals surface area contributed by atoms with E-state index in [4.69, 9.17) is 22.3 Å². The zero-order chi connectivity index (χ0) is 26.2. The standard InChI is InChI=1S/C26H27ClN8OS2/c1-25(2)16-5-3-4-15-12-26(21(19(15)16)33-38(25)36)7-10-34(11-8-26)24-30-13-18(23-32-31-14-35(23)24)37-17-6-9-29-22(28)20(17)27/h3-6,9,13-14,21,33H,7-8,10-12H2,1-2H3,(H2,28,29)/t21-,38?/m1/s1. The second-order valence-electron chi connectivity index (χ2n) is 10.8. The highest BCUT2D eigenvalue weighted by molar-refractivity contribution is 7.99. The summed E-state index contributed by atoms with van der Waals surface area (Å²) in [4.78, 5) is 12.8. The first-order valence-corrected chi connectivity index (χ1v) is 14.9. The van der Waals surface area contributed by atoms with Crippen molar-refractivity contribution in [1.29, 1.82) is 0 Å². The second-order valence-corrected chi connectivity index (χ2v) is 14.0. The van der Waals surface area contributed by atoms with E-state index in [1.807, 2.05) is 16.7 Å². The van der Waals surface area contributed by atoms with Crippen LogP contribution in [-0.4, -0.2) is 42.2 Å². The van der Waals surface area contributed by atoms with Gasteiger partial charge in [-0.2, -0.15) is 0 Å². The second kappa shape index (κ2) is 8.72. The predicted molar refractivity (Wildman–Crippen MR) is 150 cm³/mol. The number of piperidine rings is 1. The quantitative estimate of drug-likeness (QED) is 0.350. The van der Waals surface area contributed by atoms with E-state index in [1.54, 1.807) is 12.5 Å². The van der Waals surface area contributed by atoms with Gasteiger partial charge in [-0.25, -0.2) is 14.4 Å². The van der Waals surface area contributed by atoms with E-state index in [0.29, 0.717) is 10.8 Å². The third-order valence-electron chi connectivity index (χ3n) is 8.40. The van der Waals surface area contributed by atoms with E-state index in [2.05, 4.69) is 56.8 Å². The van der Waals surface area contributed by atoms with Crippen molar-refractivity contribution in [3.05, 3.63) is 64.7 Å². The Balaban J connectivity index is 1.16. The molecule has 1 fully saturated rings. The number of nitrogens with zero attached hydrogens (tertiary/aromatic N) is 6. The lowest BCUT2D eigenvalue weighted by molar-refractivity contribution is 0.172. The summed E-state index contributed by atoms with van der Waals surface area (Å²) in [5.74, 6) is 1.11. The highest BCUT2D eigenvalue weighted by Crippen LogP contribution is 2.57. The number of nitrogens with one attached hydrogen (secondary N) is 1. The zero-order valence-electron chi connectivity index (χ0n) is 21.0. The molecule has 0 saturated carbocycles. The fraction of sp³-hybridized carbons (Fsp3) is 0.385. The van der Waals surface area contributed by atoms with Crippen molar-refractivity contribution in [3.8, 4) is 0 Å². The third-order valence-corrected chi connectivity index (χ3v) is 11.6. The third kappa shape index (κ3) is 3.56. The maximum atomic E-state index is 13.2. The summed E-state index contributed by atoms with van der Waals surface area (Å²) in [6.07, 6.45) is 8.13.